The summed E-state index contributed by atoms with van der Waals surface area (Å²) < 4.78 is 10.7. The number of piperidine rings is 1. The quantitative estimate of drug-likeness (QED) is 0.540. The third-order valence-corrected chi connectivity index (χ3v) is 7.79. The van der Waals surface area contributed by atoms with E-state index in [1.54, 1.807) is 0 Å². The number of benzene rings is 2. The second-order valence-corrected chi connectivity index (χ2v) is 10.2. The summed E-state index contributed by atoms with van der Waals surface area (Å²) in [4.78, 5) is 33.0. The zero-order valence-corrected chi connectivity index (χ0v) is 20.8. The zero-order chi connectivity index (χ0) is 24.4. The topological polar surface area (TPSA) is 80.8 Å². The fraction of sp³-hybridized carbons (Fsp3) is 0.370. The lowest BCUT2D eigenvalue weighted by molar-refractivity contribution is -0.122. The van der Waals surface area contributed by atoms with Crippen molar-refractivity contribution in [3.63, 3.8) is 0 Å². The Bertz CT molecular complexity index is 1230. The molecular formula is C27H29N3O4S. The highest BCUT2D eigenvalue weighted by Crippen LogP contribution is 2.33. The van der Waals surface area contributed by atoms with E-state index in [0.29, 0.717) is 30.9 Å². The number of aromatic nitrogens is 1. The standard InChI is InChI=1S/C27H29N3O4S/c1-17-3-6-21(7-4-17)26-29-18(2)25(35-26)27(32)30-11-9-19(10-12-30)14-24(31)28-15-20-5-8-22-23(13-20)34-16-33-22/h3-8,13,19H,9-12,14-16H2,1-2H3,(H,28,31). The van der Waals surface area contributed by atoms with Crippen LogP contribution < -0.4 is 14.8 Å². The van der Waals surface area contributed by atoms with Crippen molar-refractivity contribution in [2.45, 2.75) is 39.7 Å². The molecule has 0 saturated carbocycles. The van der Waals surface area contributed by atoms with E-state index in [-0.39, 0.29) is 24.5 Å². The molecule has 0 bridgehead atoms. The molecular weight excluding hydrogens is 462 g/mol. The first kappa shape index (κ1) is 23.4. The van der Waals surface area contributed by atoms with Crippen molar-refractivity contribution in [2.75, 3.05) is 19.9 Å². The lowest BCUT2D eigenvalue weighted by atomic mass is 9.93. The van der Waals surface area contributed by atoms with Gasteiger partial charge in [-0.3, -0.25) is 9.59 Å². The molecule has 0 aliphatic carbocycles. The number of hydrogen-bond donors (Lipinski definition) is 1. The molecule has 7 nitrogen and oxygen atoms in total. The van der Waals surface area contributed by atoms with Crippen molar-refractivity contribution < 1.29 is 19.1 Å². The molecule has 5 rings (SSSR count). The van der Waals surface area contributed by atoms with Crippen molar-refractivity contribution >= 4 is 23.2 Å². The van der Waals surface area contributed by atoms with Crippen LogP contribution in [0.1, 0.15) is 45.8 Å². The predicted octanol–water partition coefficient (Wildman–Crippen LogP) is 4.71. The Morgan fingerprint density at radius 1 is 1.06 bits per heavy atom. The van der Waals surface area contributed by atoms with E-state index in [1.165, 1.54) is 16.9 Å². The monoisotopic (exact) mass is 491 g/mol. The normalized spacial score (nSPS) is 15.3. The summed E-state index contributed by atoms with van der Waals surface area (Å²) in [6.45, 7) is 5.98. The van der Waals surface area contributed by atoms with Crippen LogP contribution in [0.15, 0.2) is 42.5 Å². The van der Waals surface area contributed by atoms with Crippen LogP contribution in [0.4, 0.5) is 0 Å². The molecule has 1 saturated heterocycles. The Kier molecular flexibility index (Phi) is 6.72. The minimum absolute atomic E-state index is 0.0356. The molecule has 3 aromatic rings. The number of hydrogen-bond acceptors (Lipinski definition) is 6. The summed E-state index contributed by atoms with van der Waals surface area (Å²) in [5, 5.41) is 3.88. The van der Waals surface area contributed by atoms with Gasteiger partial charge in [-0.1, -0.05) is 35.9 Å². The number of fused-ring (bicyclic) bond motifs is 1. The van der Waals surface area contributed by atoms with Gasteiger partial charge >= 0.3 is 0 Å². The molecule has 35 heavy (non-hydrogen) atoms. The molecule has 3 heterocycles. The number of carbonyl (C=O) groups is 2. The summed E-state index contributed by atoms with van der Waals surface area (Å²) >= 11 is 1.46. The van der Waals surface area contributed by atoms with Gasteiger partial charge in [0.05, 0.1) is 5.69 Å². The number of ether oxygens (including phenoxy) is 2. The summed E-state index contributed by atoms with van der Waals surface area (Å²) in [7, 11) is 0. The van der Waals surface area contributed by atoms with Gasteiger partial charge in [-0.25, -0.2) is 4.98 Å². The summed E-state index contributed by atoms with van der Waals surface area (Å²) in [5.41, 5.74) is 3.99. The first-order valence-corrected chi connectivity index (χ1v) is 12.8. The van der Waals surface area contributed by atoms with Crippen molar-refractivity contribution in [2.24, 2.45) is 5.92 Å². The number of aryl methyl sites for hydroxylation is 2. The fourth-order valence-electron chi connectivity index (χ4n) is 4.48. The maximum absolute atomic E-state index is 13.2. The van der Waals surface area contributed by atoms with E-state index in [9.17, 15) is 9.59 Å². The van der Waals surface area contributed by atoms with E-state index in [0.717, 1.165) is 46.2 Å². The van der Waals surface area contributed by atoms with Crippen molar-refractivity contribution in [3.05, 3.63) is 64.2 Å². The lowest BCUT2D eigenvalue weighted by Gasteiger charge is -2.31. The van der Waals surface area contributed by atoms with Gasteiger partial charge in [0, 0.05) is 31.6 Å². The number of nitrogens with zero attached hydrogens (tertiary/aromatic N) is 2. The van der Waals surface area contributed by atoms with Gasteiger partial charge in [0.25, 0.3) is 5.91 Å². The largest absolute Gasteiger partial charge is 0.454 e. The molecule has 2 aliphatic heterocycles. The number of carbonyl (C=O) groups excluding carboxylic acids is 2. The van der Waals surface area contributed by atoms with Gasteiger partial charge in [-0.15, -0.1) is 11.3 Å². The molecule has 1 N–H and O–H groups in total. The third-order valence-electron chi connectivity index (χ3n) is 6.59. The highest BCUT2D eigenvalue weighted by molar-refractivity contribution is 7.17. The van der Waals surface area contributed by atoms with Crippen LogP contribution in [-0.2, 0) is 11.3 Å². The van der Waals surface area contributed by atoms with Gasteiger partial charge in [0.2, 0.25) is 12.7 Å². The Hall–Kier alpha value is -3.39. The second kappa shape index (κ2) is 10.1. The minimum Gasteiger partial charge on any atom is -0.454 e. The highest BCUT2D eigenvalue weighted by Gasteiger charge is 2.27. The number of nitrogens with one attached hydrogen (secondary N) is 1. The first-order valence-electron chi connectivity index (χ1n) is 12.0. The van der Waals surface area contributed by atoms with Gasteiger partial charge in [-0.2, -0.15) is 0 Å². The SMILES string of the molecule is Cc1ccc(-c2nc(C)c(C(=O)N3CCC(CC(=O)NCc4ccc5c(c4)OCO5)CC3)s2)cc1. The van der Waals surface area contributed by atoms with E-state index in [2.05, 4.69) is 29.4 Å². The minimum atomic E-state index is 0.0356. The smallest absolute Gasteiger partial charge is 0.265 e. The summed E-state index contributed by atoms with van der Waals surface area (Å²) in [6, 6.07) is 13.9. The number of rotatable bonds is 6. The second-order valence-electron chi connectivity index (χ2n) is 9.20. The van der Waals surface area contributed by atoms with Crippen LogP contribution >= 0.6 is 11.3 Å². The Balaban J connectivity index is 1.11. The molecule has 1 fully saturated rings. The van der Waals surface area contributed by atoms with Crippen LogP contribution in [0.3, 0.4) is 0 Å². The molecule has 2 aliphatic rings. The number of thiazole rings is 1. The molecule has 0 radical (unpaired) electrons. The fourth-order valence-corrected chi connectivity index (χ4v) is 5.52. The Labute approximate surface area is 209 Å². The summed E-state index contributed by atoms with van der Waals surface area (Å²) in [6.07, 6.45) is 2.13. The van der Waals surface area contributed by atoms with Crippen molar-refractivity contribution in [1.29, 1.82) is 0 Å². The van der Waals surface area contributed by atoms with E-state index in [4.69, 9.17) is 9.47 Å². The van der Waals surface area contributed by atoms with E-state index < -0.39 is 0 Å². The van der Waals surface area contributed by atoms with Gasteiger partial charge in [0.1, 0.15) is 9.88 Å². The van der Waals surface area contributed by atoms with Crippen LogP contribution in [-0.4, -0.2) is 41.6 Å². The maximum Gasteiger partial charge on any atom is 0.265 e. The Morgan fingerprint density at radius 3 is 2.57 bits per heavy atom. The average Bonchev–Trinajstić information content (AvgIpc) is 3.49. The van der Waals surface area contributed by atoms with E-state index in [1.807, 2.05) is 42.2 Å². The van der Waals surface area contributed by atoms with Crippen LogP contribution in [0.2, 0.25) is 0 Å². The molecule has 0 spiro atoms. The predicted molar refractivity (Wildman–Crippen MR) is 135 cm³/mol. The molecule has 8 heteroatoms. The van der Waals surface area contributed by atoms with E-state index >= 15 is 0 Å². The molecule has 0 atom stereocenters. The molecule has 1 aromatic heterocycles. The van der Waals surface area contributed by atoms with Crippen LogP contribution in [0, 0.1) is 19.8 Å². The van der Waals surface area contributed by atoms with Crippen molar-refractivity contribution in [1.82, 2.24) is 15.2 Å². The van der Waals surface area contributed by atoms with Gasteiger partial charge in [0.15, 0.2) is 11.5 Å². The first-order chi connectivity index (χ1) is 17.0. The molecule has 2 aromatic carbocycles. The van der Waals surface area contributed by atoms with Gasteiger partial charge < -0.3 is 19.7 Å². The van der Waals surface area contributed by atoms with Crippen LogP contribution in [0.25, 0.3) is 10.6 Å². The maximum atomic E-state index is 13.2. The van der Waals surface area contributed by atoms with Crippen LogP contribution in [0.5, 0.6) is 11.5 Å². The Morgan fingerprint density at radius 2 is 1.80 bits per heavy atom. The number of likely N-dealkylation sites (tertiary alicyclic amines) is 1. The average molecular weight is 492 g/mol. The van der Waals surface area contributed by atoms with Gasteiger partial charge in [-0.05, 0) is 50.3 Å². The molecule has 0 unspecified atom stereocenters. The summed E-state index contributed by atoms with van der Waals surface area (Å²) in [5.74, 6) is 1.82. The lowest BCUT2D eigenvalue weighted by Crippen LogP contribution is -2.39. The number of amides is 2. The highest BCUT2D eigenvalue weighted by atomic mass is 32.1. The third kappa shape index (κ3) is 5.32. The van der Waals surface area contributed by atoms with Crippen molar-refractivity contribution in [3.8, 4) is 22.1 Å². The zero-order valence-electron chi connectivity index (χ0n) is 20.0. The molecule has 182 valence electrons. The molecule has 2 amide bonds.